The average molecular weight is 403 g/mol. The fourth-order valence-electron chi connectivity index (χ4n) is 3.44. The van der Waals surface area contributed by atoms with Crippen LogP contribution in [0.4, 0.5) is 0 Å². The summed E-state index contributed by atoms with van der Waals surface area (Å²) in [5.74, 6) is -0.460. The zero-order valence-corrected chi connectivity index (χ0v) is 16.5. The molecule has 1 atom stereocenters. The lowest BCUT2D eigenvalue weighted by molar-refractivity contribution is -0.131. The molecule has 1 fully saturated rings. The molecule has 28 heavy (non-hydrogen) atoms. The first-order valence-corrected chi connectivity index (χ1v) is 10.5. The fraction of sp³-hybridized carbons (Fsp3) is 0.450. The van der Waals surface area contributed by atoms with Crippen molar-refractivity contribution in [1.82, 2.24) is 21.3 Å². The van der Waals surface area contributed by atoms with E-state index in [0.717, 1.165) is 48.4 Å². The number of hydrogen-bond donors (Lipinski definition) is 4. The van der Waals surface area contributed by atoms with Gasteiger partial charge in [0, 0.05) is 17.2 Å². The molecule has 4 N–H and O–H groups in total. The van der Waals surface area contributed by atoms with Gasteiger partial charge in [0.05, 0.1) is 6.67 Å². The van der Waals surface area contributed by atoms with Crippen molar-refractivity contribution in [2.75, 3.05) is 19.8 Å². The second-order valence-corrected chi connectivity index (χ2v) is 7.82. The molecule has 1 aromatic heterocycles. The zero-order valence-electron chi connectivity index (χ0n) is 15.7. The Balaban J connectivity index is 1.73. The van der Waals surface area contributed by atoms with E-state index in [-0.39, 0.29) is 24.4 Å². The summed E-state index contributed by atoms with van der Waals surface area (Å²) in [5, 5.41) is 13.3. The van der Waals surface area contributed by atoms with E-state index < -0.39 is 6.04 Å². The Morgan fingerprint density at radius 2 is 2.04 bits per heavy atom. The van der Waals surface area contributed by atoms with Crippen LogP contribution in [0.1, 0.15) is 35.3 Å². The number of thiophene rings is 1. The van der Waals surface area contributed by atoms with Crippen LogP contribution >= 0.6 is 11.3 Å². The van der Waals surface area contributed by atoms with E-state index in [1.165, 1.54) is 0 Å². The second-order valence-electron chi connectivity index (χ2n) is 6.91. The van der Waals surface area contributed by atoms with Gasteiger partial charge in [0.1, 0.15) is 6.04 Å². The number of carbonyl (C=O) groups excluding carboxylic acids is 3. The molecule has 0 spiro atoms. The molecule has 3 rings (SSSR count). The first kappa shape index (κ1) is 20.3. The van der Waals surface area contributed by atoms with Gasteiger partial charge in [-0.15, -0.1) is 11.3 Å². The van der Waals surface area contributed by atoms with E-state index in [1.807, 2.05) is 5.38 Å². The molecule has 0 aromatic carbocycles. The van der Waals surface area contributed by atoms with Crippen molar-refractivity contribution >= 4 is 41.7 Å². The molecule has 1 saturated heterocycles. The van der Waals surface area contributed by atoms with Gasteiger partial charge in [-0.2, -0.15) is 0 Å². The quantitative estimate of drug-likeness (QED) is 0.296. The summed E-state index contributed by atoms with van der Waals surface area (Å²) in [6.07, 6.45) is 11.7. The van der Waals surface area contributed by atoms with Crippen molar-refractivity contribution in [2.24, 2.45) is 5.92 Å². The minimum absolute atomic E-state index is 0.0342. The Kier molecular flexibility index (Phi) is 7.39. The minimum atomic E-state index is -0.685. The Hall–Kier alpha value is -2.45. The molecule has 2 aliphatic rings. The van der Waals surface area contributed by atoms with Crippen LogP contribution in [0.5, 0.6) is 0 Å². The number of fused-ring (bicyclic) bond motifs is 1. The van der Waals surface area contributed by atoms with E-state index in [4.69, 9.17) is 0 Å². The highest BCUT2D eigenvalue weighted by Crippen LogP contribution is 2.29. The van der Waals surface area contributed by atoms with Crippen LogP contribution in [0, 0.1) is 5.92 Å². The smallest absolute Gasteiger partial charge is 0.244 e. The van der Waals surface area contributed by atoms with Gasteiger partial charge in [-0.1, -0.05) is 18.2 Å². The van der Waals surface area contributed by atoms with Crippen molar-refractivity contribution in [3.63, 3.8) is 0 Å². The molecule has 0 bridgehead atoms. The molecule has 2 heterocycles. The Labute approximate surface area is 168 Å². The van der Waals surface area contributed by atoms with Crippen LogP contribution in [0.3, 0.4) is 0 Å². The highest BCUT2D eigenvalue weighted by molar-refractivity contribution is 7.11. The third-order valence-electron chi connectivity index (χ3n) is 4.98. The maximum Gasteiger partial charge on any atom is 0.244 e. The van der Waals surface area contributed by atoms with Gasteiger partial charge in [-0.3, -0.25) is 14.4 Å². The van der Waals surface area contributed by atoms with E-state index in [0.29, 0.717) is 12.8 Å². The third-order valence-corrected chi connectivity index (χ3v) is 5.99. The van der Waals surface area contributed by atoms with Gasteiger partial charge in [-0.25, -0.2) is 0 Å². The number of hydrogen-bond acceptors (Lipinski definition) is 5. The van der Waals surface area contributed by atoms with Gasteiger partial charge >= 0.3 is 0 Å². The molecule has 1 aromatic rings. The average Bonchev–Trinajstić information content (AvgIpc) is 2.94. The molecular weight excluding hydrogens is 376 g/mol. The van der Waals surface area contributed by atoms with Crippen LogP contribution in [0.2, 0.25) is 0 Å². The predicted octanol–water partition coefficient (Wildman–Crippen LogP) is 1.02. The van der Waals surface area contributed by atoms with E-state index in [9.17, 15) is 14.4 Å². The Morgan fingerprint density at radius 1 is 1.25 bits per heavy atom. The van der Waals surface area contributed by atoms with Crippen LogP contribution in [0.15, 0.2) is 17.5 Å². The number of carbonyl (C=O) groups is 3. The molecule has 0 radical (unpaired) electrons. The normalized spacial score (nSPS) is 17.3. The maximum absolute atomic E-state index is 12.7. The van der Waals surface area contributed by atoms with Gasteiger partial charge in [0.2, 0.25) is 18.2 Å². The fourth-order valence-corrected chi connectivity index (χ4v) is 4.43. The highest BCUT2D eigenvalue weighted by Gasteiger charge is 2.27. The number of piperidine rings is 1. The Morgan fingerprint density at radius 3 is 2.82 bits per heavy atom. The van der Waals surface area contributed by atoms with Crippen molar-refractivity contribution < 1.29 is 14.4 Å². The summed E-state index contributed by atoms with van der Waals surface area (Å²) in [6, 6.07) is -0.685. The molecule has 0 saturated carbocycles. The summed E-state index contributed by atoms with van der Waals surface area (Å²) in [5.41, 5.74) is 2.15. The molecule has 8 heteroatoms. The molecule has 1 aliphatic carbocycles. The van der Waals surface area contributed by atoms with Gasteiger partial charge in [0.25, 0.3) is 0 Å². The van der Waals surface area contributed by atoms with Crippen molar-refractivity contribution in [3.05, 3.63) is 33.5 Å². The molecule has 1 aliphatic heterocycles. The zero-order chi connectivity index (χ0) is 19.8. The summed E-state index contributed by atoms with van der Waals surface area (Å²) >= 11 is 1.64. The lowest BCUT2D eigenvalue weighted by Gasteiger charge is -2.25. The highest BCUT2D eigenvalue weighted by atomic mass is 32.1. The topological polar surface area (TPSA) is 99.3 Å². The lowest BCUT2D eigenvalue weighted by Crippen LogP contribution is -2.52. The molecular formula is C20H26N4O3S. The lowest BCUT2D eigenvalue weighted by atomic mass is 9.96. The van der Waals surface area contributed by atoms with E-state index >= 15 is 0 Å². The van der Waals surface area contributed by atoms with E-state index in [1.54, 1.807) is 11.3 Å². The monoisotopic (exact) mass is 402 g/mol. The number of allylic oxidation sites excluding steroid dienone is 2. The van der Waals surface area contributed by atoms with Gasteiger partial charge < -0.3 is 21.3 Å². The van der Waals surface area contributed by atoms with Crippen LogP contribution < -0.4 is 21.3 Å². The van der Waals surface area contributed by atoms with Crippen LogP contribution in [0.25, 0.3) is 12.2 Å². The largest absolute Gasteiger partial charge is 0.344 e. The summed E-state index contributed by atoms with van der Waals surface area (Å²) < 4.78 is 0. The minimum Gasteiger partial charge on any atom is -0.344 e. The number of nitrogens with one attached hydrogen (secondary N) is 4. The molecule has 150 valence electrons. The predicted molar refractivity (Wildman–Crippen MR) is 110 cm³/mol. The van der Waals surface area contributed by atoms with Crippen molar-refractivity contribution in [1.29, 1.82) is 0 Å². The SMILES string of the molecule is O=CNCNC(=O)C(Cc1csc2c1C=CCC=C2)NC(=O)C1CCNCC1. The molecule has 3 amide bonds. The van der Waals surface area contributed by atoms with Crippen LogP contribution in [-0.4, -0.2) is 44.0 Å². The Bertz CT molecular complexity index is 766. The van der Waals surface area contributed by atoms with Crippen molar-refractivity contribution in [2.45, 2.75) is 31.7 Å². The van der Waals surface area contributed by atoms with Crippen LogP contribution in [-0.2, 0) is 20.8 Å². The van der Waals surface area contributed by atoms with Crippen molar-refractivity contribution in [3.8, 4) is 0 Å². The number of rotatable bonds is 8. The number of amides is 3. The van der Waals surface area contributed by atoms with Gasteiger partial charge in [-0.05, 0) is 54.9 Å². The molecule has 1 unspecified atom stereocenters. The molecule has 7 nitrogen and oxygen atoms in total. The standard InChI is InChI=1S/C20H26N4O3S/c25-13-22-12-23-20(27)17(24-19(26)14-6-8-21-9-7-14)10-15-11-28-18-5-3-1-2-4-16(15)18/h2-5,11,13-14,17,21H,1,6-10,12H2,(H,22,25)(H,23,27)(H,24,26). The summed E-state index contributed by atoms with van der Waals surface area (Å²) in [6.45, 7) is 1.66. The maximum atomic E-state index is 12.7. The van der Waals surface area contributed by atoms with Gasteiger partial charge in [0.15, 0.2) is 0 Å². The summed E-state index contributed by atoms with van der Waals surface area (Å²) in [7, 11) is 0. The summed E-state index contributed by atoms with van der Waals surface area (Å²) in [4.78, 5) is 37.0. The third kappa shape index (κ3) is 5.30. The second kappa shape index (κ2) is 10.2. The first-order valence-electron chi connectivity index (χ1n) is 9.58. The first-order chi connectivity index (χ1) is 13.7. The van der Waals surface area contributed by atoms with E-state index in [2.05, 4.69) is 45.6 Å².